The van der Waals surface area contributed by atoms with E-state index in [-0.39, 0.29) is 12.3 Å². The molecule has 2 aliphatic heterocycles. The molecular weight excluding hydrogens is 274 g/mol. The topological polar surface area (TPSA) is 85.6 Å². The summed E-state index contributed by atoms with van der Waals surface area (Å²) >= 11 is 5.97. The maximum absolute atomic E-state index is 12.2. The number of nitrogens with zero attached hydrogens (tertiary/aromatic N) is 2. The molecule has 2 unspecified atom stereocenters. The molecule has 1 saturated heterocycles. The van der Waals surface area contributed by atoms with Gasteiger partial charge in [0, 0.05) is 24.3 Å². The summed E-state index contributed by atoms with van der Waals surface area (Å²) in [6, 6.07) is 2.34. The summed E-state index contributed by atoms with van der Waals surface area (Å²) < 4.78 is 6.79. The van der Waals surface area contributed by atoms with Crippen molar-refractivity contribution >= 4 is 23.7 Å². The lowest BCUT2D eigenvalue weighted by Crippen LogP contribution is -2.51. The summed E-state index contributed by atoms with van der Waals surface area (Å²) in [5, 5.41) is 13.9. The second-order valence-corrected chi connectivity index (χ2v) is 4.92. The third-order valence-corrected chi connectivity index (χ3v) is 3.81. The van der Waals surface area contributed by atoms with Crippen LogP contribution in [-0.2, 0) is 10.3 Å². The second kappa shape index (κ2) is 3.74. The SMILES string of the molecule is CC1CC2(C(=O)NC(=O)N2Cl)c2ccc[n+]([O-])c2O1. The second-order valence-electron chi connectivity index (χ2n) is 4.59. The van der Waals surface area contributed by atoms with E-state index in [0.29, 0.717) is 10.3 Å². The number of pyridine rings is 1. The van der Waals surface area contributed by atoms with E-state index in [1.54, 1.807) is 13.0 Å². The van der Waals surface area contributed by atoms with E-state index in [9.17, 15) is 14.8 Å². The summed E-state index contributed by atoms with van der Waals surface area (Å²) in [5.41, 5.74) is -1.10. The number of urea groups is 1. The minimum absolute atomic E-state index is 0.00301. The maximum atomic E-state index is 12.2. The Kier molecular flexibility index (Phi) is 2.37. The molecule has 7 nitrogen and oxygen atoms in total. The third kappa shape index (κ3) is 1.42. The highest BCUT2D eigenvalue weighted by molar-refractivity contribution is 6.28. The van der Waals surface area contributed by atoms with Gasteiger partial charge >= 0.3 is 11.9 Å². The van der Waals surface area contributed by atoms with E-state index in [4.69, 9.17) is 16.5 Å². The molecule has 1 aromatic rings. The first kappa shape index (κ1) is 12.0. The fourth-order valence-corrected chi connectivity index (χ4v) is 2.86. The molecule has 19 heavy (non-hydrogen) atoms. The zero-order valence-electron chi connectivity index (χ0n) is 9.92. The van der Waals surface area contributed by atoms with E-state index in [1.807, 2.05) is 0 Å². The Morgan fingerprint density at radius 3 is 3.00 bits per heavy atom. The number of imide groups is 1. The standard InChI is InChI=1S/C11H10ClN3O4/c1-6-5-11(9(16)13-10(17)15(11)12)7-3-2-4-14(18)8(7)19-6/h2-4,6H,5H2,1H3,(H,13,16,17). The molecule has 0 bridgehead atoms. The van der Waals surface area contributed by atoms with Gasteiger partial charge in [-0.25, -0.2) is 9.21 Å². The van der Waals surface area contributed by atoms with E-state index in [0.717, 1.165) is 4.42 Å². The summed E-state index contributed by atoms with van der Waals surface area (Å²) in [6.45, 7) is 1.71. The Morgan fingerprint density at radius 1 is 1.63 bits per heavy atom. The van der Waals surface area contributed by atoms with E-state index >= 15 is 0 Å². The number of carbonyl (C=O) groups excluding carboxylic acids is 2. The zero-order valence-corrected chi connectivity index (χ0v) is 10.7. The van der Waals surface area contributed by atoms with Crippen LogP contribution in [0.1, 0.15) is 18.9 Å². The van der Waals surface area contributed by atoms with Crippen molar-refractivity contribution in [1.29, 1.82) is 0 Å². The lowest BCUT2D eigenvalue weighted by Gasteiger charge is -2.36. The van der Waals surface area contributed by atoms with Crippen molar-refractivity contribution in [3.05, 3.63) is 29.1 Å². The molecule has 0 aromatic carbocycles. The fourth-order valence-electron chi connectivity index (χ4n) is 2.58. The van der Waals surface area contributed by atoms with E-state index < -0.39 is 23.6 Å². The molecule has 0 aliphatic carbocycles. The van der Waals surface area contributed by atoms with Crippen molar-refractivity contribution in [2.75, 3.05) is 0 Å². The van der Waals surface area contributed by atoms with Crippen LogP contribution in [0.3, 0.4) is 0 Å². The van der Waals surface area contributed by atoms with Crippen molar-refractivity contribution in [3.8, 4) is 5.88 Å². The van der Waals surface area contributed by atoms with Crippen LogP contribution in [0, 0.1) is 5.21 Å². The molecule has 1 fully saturated rings. The Balaban J connectivity index is 2.27. The molecule has 3 amide bonds. The molecule has 100 valence electrons. The normalized spacial score (nSPS) is 29.2. The maximum Gasteiger partial charge on any atom is 0.386 e. The van der Waals surface area contributed by atoms with E-state index in [2.05, 4.69) is 5.32 Å². The predicted octanol–water partition coefficient (Wildman–Crippen LogP) is 0.392. The van der Waals surface area contributed by atoms with Gasteiger partial charge in [-0.2, -0.15) is 0 Å². The first-order valence-electron chi connectivity index (χ1n) is 5.67. The minimum Gasteiger partial charge on any atom is -0.616 e. The highest BCUT2D eigenvalue weighted by Gasteiger charge is 2.60. The van der Waals surface area contributed by atoms with Gasteiger partial charge in [-0.3, -0.25) is 10.1 Å². The number of aromatic nitrogens is 1. The first-order valence-corrected chi connectivity index (χ1v) is 6.01. The molecule has 2 atom stereocenters. The van der Waals surface area contributed by atoms with Crippen molar-refractivity contribution in [1.82, 2.24) is 9.74 Å². The molecule has 0 radical (unpaired) electrons. The van der Waals surface area contributed by atoms with E-state index in [1.165, 1.54) is 12.3 Å². The zero-order chi connectivity index (χ0) is 13.8. The average Bonchev–Trinajstić information content (AvgIpc) is 2.56. The van der Waals surface area contributed by atoms with Crippen molar-refractivity contribution in [3.63, 3.8) is 0 Å². The monoisotopic (exact) mass is 283 g/mol. The highest BCUT2D eigenvalue weighted by atomic mass is 35.5. The molecule has 3 heterocycles. The Hall–Kier alpha value is -2.02. The highest BCUT2D eigenvalue weighted by Crippen LogP contribution is 2.45. The number of amides is 3. The Morgan fingerprint density at radius 2 is 2.37 bits per heavy atom. The average molecular weight is 284 g/mol. The molecule has 1 spiro atoms. The number of ether oxygens (including phenoxy) is 1. The number of nitrogens with one attached hydrogen (secondary N) is 1. The predicted molar refractivity (Wildman–Crippen MR) is 63.0 cm³/mol. The smallest absolute Gasteiger partial charge is 0.386 e. The molecule has 2 aliphatic rings. The van der Waals surface area contributed by atoms with Gasteiger partial charge in [-0.15, -0.1) is 4.73 Å². The molecule has 8 heteroatoms. The number of fused-ring (bicyclic) bond motifs is 2. The van der Waals surface area contributed by atoms with Gasteiger partial charge in [0.15, 0.2) is 11.7 Å². The van der Waals surface area contributed by atoms with Crippen LogP contribution < -0.4 is 14.8 Å². The number of halogens is 1. The lowest BCUT2D eigenvalue weighted by atomic mass is 9.83. The largest absolute Gasteiger partial charge is 0.616 e. The molecule has 1 aromatic heterocycles. The summed E-state index contributed by atoms with van der Waals surface area (Å²) in [6.07, 6.45) is 1.02. The van der Waals surface area contributed by atoms with Crippen molar-refractivity contribution in [2.45, 2.75) is 25.0 Å². The number of carbonyl (C=O) groups is 2. The van der Waals surface area contributed by atoms with Crippen LogP contribution in [0.15, 0.2) is 18.3 Å². The van der Waals surface area contributed by atoms with Gasteiger partial charge in [-0.1, -0.05) is 0 Å². The fraction of sp³-hybridized carbons (Fsp3) is 0.364. The third-order valence-electron chi connectivity index (χ3n) is 3.37. The van der Waals surface area contributed by atoms with Crippen LogP contribution in [0.4, 0.5) is 4.79 Å². The summed E-state index contributed by atoms with van der Waals surface area (Å²) in [4.78, 5) is 23.8. The number of hydrogen-bond acceptors (Lipinski definition) is 4. The lowest BCUT2D eigenvalue weighted by molar-refractivity contribution is -0.615. The van der Waals surface area contributed by atoms with Gasteiger partial charge in [0.1, 0.15) is 11.7 Å². The van der Waals surface area contributed by atoms with Crippen LogP contribution in [0.25, 0.3) is 0 Å². The van der Waals surface area contributed by atoms with Crippen molar-refractivity contribution < 1.29 is 19.1 Å². The molecule has 0 saturated carbocycles. The minimum atomic E-state index is -1.39. The number of rotatable bonds is 0. The van der Waals surface area contributed by atoms with Gasteiger partial charge in [0.05, 0.1) is 0 Å². The molecule has 3 rings (SSSR count). The quantitative estimate of drug-likeness (QED) is 0.323. The van der Waals surface area contributed by atoms with Crippen LogP contribution in [-0.4, -0.2) is 22.5 Å². The van der Waals surface area contributed by atoms with Gasteiger partial charge in [0.25, 0.3) is 5.91 Å². The van der Waals surface area contributed by atoms with Crippen LogP contribution >= 0.6 is 11.8 Å². The van der Waals surface area contributed by atoms with Gasteiger partial charge < -0.3 is 9.94 Å². The number of hydrogen-bond donors (Lipinski definition) is 1. The van der Waals surface area contributed by atoms with Gasteiger partial charge in [-0.05, 0) is 13.0 Å². The Labute approximate surface area is 113 Å². The first-order chi connectivity index (χ1) is 8.96. The van der Waals surface area contributed by atoms with Crippen molar-refractivity contribution in [2.24, 2.45) is 0 Å². The summed E-state index contributed by atoms with van der Waals surface area (Å²) in [7, 11) is 0. The Bertz CT molecular complexity index is 593. The molecular formula is C11H10ClN3O4. The van der Waals surface area contributed by atoms with Gasteiger partial charge in [0.2, 0.25) is 0 Å². The van der Waals surface area contributed by atoms with Crippen LogP contribution in [0.2, 0.25) is 0 Å². The molecule has 1 N–H and O–H groups in total. The van der Waals surface area contributed by atoms with Crippen LogP contribution in [0.5, 0.6) is 5.88 Å². The summed E-state index contributed by atoms with van der Waals surface area (Å²) in [5.74, 6) is -0.549.